The molecule has 6 heteroatoms. The molecule has 0 heterocycles. The molecule has 0 fully saturated rings. The molecular formula is C64H116O6. The van der Waals surface area contributed by atoms with Crippen LogP contribution >= 0.6 is 0 Å². The molecule has 0 rings (SSSR count). The Labute approximate surface area is 435 Å². The van der Waals surface area contributed by atoms with Crippen molar-refractivity contribution in [3.63, 3.8) is 0 Å². The molecule has 0 bridgehead atoms. The van der Waals surface area contributed by atoms with Crippen LogP contribution in [0.3, 0.4) is 0 Å². The van der Waals surface area contributed by atoms with E-state index in [0.717, 1.165) is 109 Å². The normalized spacial score (nSPS) is 12.3. The van der Waals surface area contributed by atoms with Crippen LogP contribution in [0.2, 0.25) is 0 Å². The molecule has 70 heavy (non-hydrogen) atoms. The van der Waals surface area contributed by atoms with E-state index < -0.39 is 6.10 Å². The quantitative estimate of drug-likeness (QED) is 0.0261. The number of allylic oxidation sites excluding steroid dienone is 8. The highest BCUT2D eigenvalue weighted by Crippen LogP contribution is 2.17. The van der Waals surface area contributed by atoms with Gasteiger partial charge in [0.1, 0.15) is 13.2 Å². The van der Waals surface area contributed by atoms with E-state index >= 15 is 0 Å². The number of esters is 3. The van der Waals surface area contributed by atoms with Gasteiger partial charge in [0.25, 0.3) is 0 Å². The smallest absolute Gasteiger partial charge is 0.306 e. The zero-order valence-corrected chi connectivity index (χ0v) is 46.8. The van der Waals surface area contributed by atoms with E-state index in [9.17, 15) is 14.4 Å². The number of carbonyl (C=O) groups excluding carboxylic acids is 3. The molecule has 0 spiro atoms. The summed E-state index contributed by atoms with van der Waals surface area (Å²) in [7, 11) is 0. The maximum atomic E-state index is 12.8. The summed E-state index contributed by atoms with van der Waals surface area (Å²) in [5.41, 5.74) is 0. The van der Waals surface area contributed by atoms with Crippen LogP contribution in [0.1, 0.15) is 323 Å². The predicted octanol–water partition coefficient (Wildman–Crippen LogP) is 20.6. The Morgan fingerprint density at radius 3 is 0.871 bits per heavy atom. The minimum atomic E-state index is -0.784. The number of unbranched alkanes of at least 4 members (excludes halogenated alkanes) is 37. The Bertz CT molecular complexity index is 1220. The van der Waals surface area contributed by atoms with Crippen LogP contribution in [0.25, 0.3) is 0 Å². The van der Waals surface area contributed by atoms with E-state index in [0.29, 0.717) is 19.3 Å². The largest absolute Gasteiger partial charge is 0.462 e. The van der Waals surface area contributed by atoms with Crippen molar-refractivity contribution >= 4 is 17.9 Å². The zero-order valence-electron chi connectivity index (χ0n) is 46.8. The van der Waals surface area contributed by atoms with Crippen LogP contribution < -0.4 is 0 Å². The maximum Gasteiger partial charge on any atom is 0.306 e. The summed E-state index contributed by atoms with van der Waals surface area (Å²) in [5, 5.41) is 0. The van der Waals surface area contributed by atoms with Gasteiger partial charge in [-0.1, -0.05) is 275 Å². The standard InChI is InChI=1S/C64H116O6/c1-4-7-10-13-16-19-22-25-27-28-29-30-31-32-33-34-35-37-39-42-45-48-51-54-57-63(66)69-60-61(59-68-62(65)56-53-50-47-44-41-38-24-21-18-15-12-9-6-3)70-64(67)58-55-52-49-46-43-40-36-26-23-20-17-14-11-8-5-2/h12,15,17,20-21,24,26,36,61H,4-11,13-14,16,18-19,22-23,25,27-35,37-60H2,1-3H3/b15-12-,20-17-,24-21-,36-26-. The predicted molar refractivity (Wildman–Crippen MR) is 302 cm³/mol. The number of hydrogen-bond acceptors (Lipinski definition) is 6. The van der Waals surface area contributed by atoms with Crippen molar-refractivity contribution in [2.75, 3.05) is 13.2 Å². The lowest BCUT2D eigenvalue weighted by Crippen LogP contribution is -2.30. The summed E-state index contributed by atoms with van der Waals surface area (Å²) < 4.78 is 16.9. The monoisotopic (exact) mass is 981 g/mol. The molecule has 0 aliphatic carbocycles. The first-order valence-electron chi connectivity index (χ1n) is 30.6. The molecule has 0 aromatic rings. The molecule has 1 atom stereocenters. The molecule has 0 radical (unpaired) electrons. The van der Waals surface area contributed by atoms with Gasteiger partial charge in [0.15, 0.2) is 6.10 Å². The van der Waals surface area contributed by atoms with Crippen molar-refractivity contribution in [2.45, 2.75) is 329 Å². The van der Waals surface area contributed by atoms with E-state index in [1.54, 1.807) is 0 Å². The van der Waals surface area contributed by atoms with Crippen molar-refractivity contribution < 1.29 is 28.6 Å². The van der Waals surface area contributed by atoms with Gasteiger partial charge in [-0.25, -0.2) is 0 Å². The molecule has 408 valence electrons. The van der Waals surface area contributed by atoms with Crippen LogP contribution in [-0.4, -0.2) is 37.2 Å². The fourth-order valence-corrected chi connectivity index (χ4v) is 8.92. The van der Waals surface area contributed by atoms with E-state index in [-0.39, 0.29) is 31.1 Å². The van der Waals surface area contributed by atoms with Crippen LogP contribution in [-0.2, 0) is 28.6 Å². The Morgan fingerprint density at radius 2 is 0.543 bits per heavy atom. The van der Waals surface area contributed by atoms with Gasteiger partial charge in [-0.2, -0.15) is 0 Å². The molecule has 0 amide bonds. The van der Waals surface area contributed by atoms with E-state index in [1.165, 1.54) is 173 Å². The minimum absolute atomic E-state index is 0.0805. The highest BCUT2D eigenvalue weighted by atomic mass is 16.6. The average Bonchev–Trinajstić information content (AvgIpc) is 3.36. The second kappa shape index (κ2) is 58.9. The van der Waals surface area contributed by atoms with Crippen LogP contribution in [0.4, 0.5) is 0 Å². The van der Waals surface area contributed by atoms with Gasteiger partial charge in [0.2, 0.25) is 0 Å². The molecule has 0 aromatic heterocycles. The van der Waals surface area contributed by atoms with E-state index in [2.05, 4.69) is 69.4 Å². The molecule has 6 nitrogen and oxygen atoms in total. The number of ether oxygens (including phenoxy) is 3. The lowest BCUT2D eigenvalue weighted by molar-refractivity contribution is -0.167. The third-order valence-electron chi connectivity index (χ3n) is 13.5. The third kappa shape index (κ3) is 56.3. The van der Waals surface area contributed by atoms with Crippen molar-refractivity contribution in [3.05, 3.63) is 48.6 Å². The SMILES string of the molecule is CCC/C=C\C/C=C\CCCCCCCC(=O)OCC(COC(=O)CCCCCCCCCCCCCCCCCCCCCCCCCC)OC(=O)CCCCCCC/C=C\C/C=C\CCCCC. The fourth-order valence-electron chi connectivity index (χ4n) is 8.92. The number of rotatable bonds is 56. The second-order valence-corrected chi connectivity index (χ2v) is 20.6. The molecule has 0 aliphatic heterocycles. The first kappa shape index (κ1) is 67.4. The topological polar surface area (TPSA) is 78.9 Å². The fraction of sp³-hybridized carbons (Fsp3) is 0.828. The summed E-state index contributed by atoms with van der Waals surface area (Å²) in [6.07, 6.45) is 72.6. The zero-order chi connectivity index (χ0) is 50.7. The average molecular weight is 982 g/mol. The van der Waals surface area contributed by atoms with Gasteiger partial charge in [0.05, 0.1) is 0 Å². The first-order chi connectivity index (χ1) is 34.5. The van der Waals surface area contributed by atoms with Gasteiger partial charge in [-0.3, -0.25) is 14.4 Å². The summed E-state index contributed by atoms with van der Waals surface area (Å²) in [5.74, 6) is -0.893. The molecule has 0 aromatic carbocycles. The molecule has 0 N–H and O–H groups in total. The maximum absolute atomic E-state index is 12.8. The van der Waals surface area contributed by atoms with E-state index in [4.69, 9.17) is 14.2 Å². The highest BCUT2D eigenvalue weighted by Gasteiger charge is 2.19. The lowest BCUT2D eigenvalue weighted by atomic mass is 10.0. The van der Waals surface area contributed by atoms with Crippen molar-refractivity contribution in [1.82, 2.24) is 0 Å². The number of carbonyl (C=O) groups is 3. The minimum Gasteiger partial charge on any atom is -0.462 e. The Hall–Kier alpha value is -2.63. The van der Waals surface area contributed by atoms with Crippen molar-refractivity contribution in [2.24, 2.45) is 0 Å². The Kier molecular flexibility index (Phi) is 56.7. The first-order valence-corrected chi connectivity index (χ1v) is 30.6. The second-order valence-electron chi connectivity index (χ2n) is 20.6. The van der Waals surface area contributed by atoms with Gasteiger partial charge in [0, 0.05) is 19.3 Å². The summed E-state index contributed by atoms with van der Waals surface area (Å²) in [4.78, 5) is 38.2. The number of hydrogen-bond donors (Lipinski definition) is 0. The summed E-state index contributed by atoms with van der Waals surface area (Å²) in [6.45, 7) is 6.57. The molecule has 1 unspecified atom stereocenters. The molecule has 0 saturated heterocycles. The van der Waals surface area contributed by atoms with Crippen LogP contribution in [0.15, 0.2) is 48.6 Å². The Morgan fingerprint density at radius 1 is 0.286 bits per heavy atom. The Balaban J connectivity index is 4.26. The molecule has 0 aliphatic rings. The van der Waals surface area contributed by atoms with Crippen LogP contribution in [0.5, 0.6) is 0 Å². The molecular weight excluding hydrogens is 865 g/mol. The highest BCUT2D eigenvalue weighted by molar-refractivity contribution is 5.71. The van der Waals surface area contributed by atoms with Gasteiger partial charge < -0.3 is 14.2 Å². The van der Waals surface area contributed by atoms with Crippen molar-refractivity contribution in [3.8, 4) is 0 Å². The van der Waals surface area contributed by atoms with Gasteiger partial charge in [-0.15, -0.1) is 0 Å². The van der Waals surface area contributed by atoms with Crippen molar-refractivity contribution in [1.29, 1.82) is 0 Å². The lowest BCUT2D eigenvalue weighted by Gasteiger charge is -2.18. The summed E-state index contributed by atoms with van der Waals surface area (Å²) >= 11 is 0. The van der Waals surface area contributed by atoms with Gasteiger partial charge in [-0.05, 0) is 77.0 Å². The van der Waals surface area contributed by atoms with Crippen LogP contribution in [0, 0.1) is 0 Å². The summed E-state index contributed by atoms with van der Waals surface area (Å²) in [6, 6.07) is 0. The molecule has 0 saturated carbocycles. The van der Waals surface area contributed by atoms with E-state index in [1.807, 2.05) is 0 Å². The van der Waals surface area contributed by atoms with Gasteiger partial charge >= 0.3 is 17.9 Å². The third-order valence-corrected chi connectivity index (χ3v) is 13.5.